The summed E-state index contributed by atoms with van der Waals surface area (Å²) in [6.07, 6.45) is 8.40. The van der Waals surface area contributed by atoms with Crippen molar-refractivity contribution in [3.63, 3.8) is 0 Å². The van der Waals surface area contributed by atoms with Gasteiger partial charge in [0.1, 0.15) is 22.3 Å². The number of piperazine rings is 1. The van der Waals surface area contributed by atoms with Crippen LogP contribution in [0.15, 0.2) is 24.3 Å². The van der Waals surface area contributed by atoms with Crippen molar-refractivity contribution >= 4 is 33.3 Å². The van der Waals surface area contributed by atoms with E-state index < -0.39 is 5.82 Å². The molecule has 3 heterocycles. The van der Waals surface area contributed by atoms with Gasteiger partial charge in [-0.3, -0.25) is 4.79 Å². The molecule has 3 aliphatic rings. The molecule has 0 unspecified atom stereocenters. The van der Waals surface area contributed by atoms with Crippen LogP contribution >= 0.6 is 11.3 Å². The number of thiophene rings is 1. The third kappa shape index (κ3) is 3.56. The number of aryl methyl sites for hydroxylation is 2. The first-order valence-electron chi connectivity index (χ1n) is 11.8. The van der Waals surface area contributed by atoms with Crippen LogP contribution < -0.4 is 4.90 Å². The molecule has 0 radical (unpaired) electrons. The van der Waals surface area contributed by atoms with E-state index in [0.717, 1.165) is 29.3 Å². The van der Waals surface area contributed by atoms with E-state index in [0.29, 0.717) is 32.1 Å². The molecule has 1 saturated carbocycles. The van der Waals surface area contributed by atoms with Gasteiger partial charge < -0.3 is 9.80 Å². The van der Waals surface area contributed by atoms with Crippen molar-refractivity contribution in [2.24, 2.45) is 0 Å². The molecule has 1 amide bonds. The Kier molecular flexibility index (Phi) is 5.09. The summed E-state index contributed by atoms with van der Waals surface area (Å²) in [5.41, 5.74) is 1.62. The van der Waals surface area contributed by atoms with Crippen LogP contribution in [0, 0.1) is 5.82 Å². The minimum absolute atomic E-state index is 0.157. The number of halogens is 1. The summed E-state index contributed by atoms with van der Waals surface area (Å²) in [4.78, 5) is 29.7. The van der Waals surface area contributed by atoms with Crippen LogP contribution in [0.3, 0.4) is 0 Å². The standard InChI is InChI=1S/C25H27FN4OS/c26-19-8-5-4-6-17(19)25(31)30-14-12-29(13-15-30)23-21-18-7-2-1-3-9-20(18)32-24(21)28-22(27-23)16-10-11-16/h4-6,8,16H,1-3,7,9-15H2. The van der Waals surface area contributed by atoms with E-state index in [1.807, 2.05) is 11.3 Å². The SMILES string of the molecule is O=C(c1ccccc1F)N1CCN(c2nc(C3CC3)nc3sc4c(c23)CCCCC4)CC1. The summed E-state index contributed by atoms with van der Waals surface area (Å²) in [7, 11) is 0. The van der Waals surface area contributed by atoms with Crippen LogP contribution in [-0.2, 0) is 12.8 Å². The Morgan fingerprint density at radius 3 is 2.56 bits per heavy atom. The molecule has 2 fully saturated rings. The quantitative estimate of drug-likeness (QED) is 0.531. The molecule has 7 heteroatoms. The minimum atomic E-state index is -0.451. The molecule has 5 nitrogen and oxygen atoms in total. The molecule has 32 heavy (non-hydrogen) atoms. The lowest BCUT2D eigenvalue weighted by Crippen LogP contribution is -2.49. The number of nitrogens with zero attached hydrogens (tertiary/aromatic N) is 4. The molecule has 2 aromatic heterocycles. The van der Waals surface area contributed by atoms with Gasteiger partial charge in [0.25, 0.3) is 5.91 Å². The first kappa shape index (κ1) is 20.1. The molecule has 1 aromatic carbocycles. The van der Waals surface area contributed by atoms with Crippen LogP contribution in [0.25, 0.3) is 10.2 Å². The van der Waals surface area contributed by atoms with Crippen molar-refractivity contribution in [2.45, 2.75) is 50.9 Å². The van der Waals surface area contributed by atoms with Gasteiger partial charge >= 0.3 is 0 Å². The van der Waals surface area contributed by atoms with Crippen molar-refractivity contribution in [2.75, 3.05) is 31.1 Å². The fourth-order valence-corrected chi connectivity index (χ4v) is 6.27. The average molecular weight is 451 g/mol. The zero-order valence-corrected chi connectivity index (χ0v) is 19.0. The zero-order chi connectivity index (χ0) is 21.7. The highest BCUT2D eigenvalue weighted by atomic mass is 32.1. The third-order valence-corrected chi connectivity index (χ3v) is 8.16. The monoisotopic (exact) mass is 450 g/mol. The third-order valence-electron chi connectivity index (χ3n) is 6.98. The Labute approximate surface area is 191 Å². The Morgan fingerprint density at radius 2 is 1.78 bits per heavy atom. The molecule has 6 rings (SSSR count). The molecule has 3 aromatic rings. The van der Waals surface area contributed by atoms with Crippen LogP contribution in [0.2, 0.25) is 0 Å². The van der Waals surface area contributed by atoms with Crippen molar-refractivity contribution in [1.29, 1.82) is 0 Å². The second-order valence-electron chi connectivity index (χ2n) is 9.18. The molecular weight excluding hydrogens is 423 g/mol. The van der Waals surface area contributed by atoms with E-state index >= 15 is 0 Å². The average Bonchev–Trinajstić information content (AvgIpc) is 3.64. The predicted octanol–water partition coefficient (Wildman–Crippen LogP) is 4.94. The number of carbonyl (C=O) groups is 1. The van der Waals surface area contributed by atoms with Gasteiger partial charge in [0.15, 0.2) is 0 Å². The van der Waals surface area contributed by atoms with E-state index in [1.54, 1.807) is 23.1 Å². The Balaban J connectivity index is 1.31. The van der Waals surface area contributed by atoms with Gasteiger partial charge in [-0.25, -0.2) is 14.4 Å². The lowest BCUT2D eigenvalue weighted by atomic mass is 10.1. The van der Waals surface area contributed by atoms with Gasteiger partial charge in [-0.15, -0.1) is 11.3 Å². The van der Waals surface area contributed by atoms with E-state index in [2.05, 4.69) is 4.90 Å². The predicted molar refractivity (Wildman–Crippen MR) is 125 cm³/mol. The van der Waals surface area contributed by atoms with Crippen LogP contribution in [0.5, 0.6) is 0 Å². The maximum Gasteiger partial charge on any atom is 0.256 e. The van der Waals surface area contributed by atoms with E-state index in [9.17, 15) is 9.18 Å². The Hall–Kier alpha value is -2.54. The summed E-state index contributed by atoms with van der Waals surface area (Å²) >= 11 is 1.87. The molecule has 1 saturated heterocycles. The number of amides is 1. The lowest BCUT2D eigenvalue weighted by molar-refractivity contribution is 0.0742. The second kappa shape index (κ2) is 8.10. The zero-order valence-electron chi connectivity index (χ0n) is 18.1. The van der Waals surface area contributed by atoms with Gasteiger partial charge in [0, 0.05) is 37.0 Å². The summed E-state index contributed by atoms with van der Waals surface area (Å²) in [6.45, 7) is 2.57. The van der Waals surface area contributed by atoms with Crippen molar-refractivity contribution in [3.05, 3.63) is 51.9 Å². The van der Waals surface area contributed by atoms with Crippen LogP contribution in [-0.4, -0.2) is 47.0 Å². The highest BCUT2D eigenvalue weighted by Crippen LogP contribution is 2.44. The molecule has 166 valence electrons. The maximum absolute atomic E-state index is 14.1. The Bertz CT molecular complexity index is 1180. The van der Waals surface area contributed by atoms with Crippen molar-refractivity contribution < 1.29 is 9.18 Å². The van der Waals surface area contributed by atoms with Gasteiger partial charge in [-0.2, -0.15) is 0 Å². The minimum Gasteiger partial charge on any atom is -0.352 e. The number of fused-ring (bicyclic) bond motifs is 3. The van der Waals surface area contributed by atoms with E-state index in [1.165, 1.54) is 54.0 Å². The largest absolute Gasteiger partial charge is 0.352 e. The number of rotatable bonds is 3. The lowest BCUT2D eigenvalue weighted by Gasteiger charge is -2.36. The first-order valence-corrected chi connectivity index (χ1v) is 12.6. The molecular formula is C25H27FN4OS. The summed E-state index contributed by atoms with van der Waals surface area (Å²) in [5, 5.41) is 1.25. The number of carbonyl (C=O) groups excluding carboxylic acids is 1. The molecule has 0 spiro atoms. The van der Waals surface area contributed by atoms with Gasteiger partial charge in [-0.05, 0) is 56.2 Å². The van der Waals surface area contributed by atoms with Crippen molar-refractivity contribution in [1.82, 2.24) is 14.9 Å². The molecule has 0 N–H and O–H groups in total. The summed E-state index contributed by atoms with van der Waals surface area (Å²) in [6, 6.07) is 6.25. The maximum atomic E-state index is 14.1. The first-order chi connectivity index (χ1) is 15.7. The van der Waals surface area contributed by atoms with Gasteiger partial charge in [0.2, 0.25) is 0 Å². The summed E-state index contributed by atoms with van der Waals surface area (Å²) < 4.78 is 14.1. The fraction of sp³-hybridized carbons (Fsp3) is 0.480. The fourth-order valence-electron chi connectivity index (χ4n) is 5.01. The van der Waals surface area contributed by atoms with E-state index in [4.69, 9.17) is 9.97 Å². The van der Waals surface area contributed by atoms with Gasteiger partial charge in [0.05, 0.1) is 10.9 Å². The molecule has 0 bridgehead atoms. The summed E-state index contributed by atoms with van der Waals surface area (Å²) in [5.74, 6) is 1.89. The normalized spacial score (nSPS) is 19.2. The Morgan fingerprint density at radius 1 is 1.00 bits per heavy atom. The molecule has 0 atom stereocenters. The second-order valence-corrected chi connectivity index (χ2v) is 10.3. The smallest absolute Gasteiger partial charge is 0.256 e. The number of benzene rings is 1. The van der Waals surface area contributed by atoms with Crippen LogP contribution in [0.1, 0.15) is 64.6 Å². The number of anilines is 1. The number of hydrogen-bond donors (Lipinski definition) is 0. The highest BCUT2D eigenvalue weighted by Gasteiger charge is 2.32. The number of aromatic nitrogens is 2. The van der Waals surface area contributed by atoms with Gasteiger partial charge in [-0.1, -0.05) is 18.6 Å². The molecule has 1 aliphatic heterocycles. The van der Waals surface area contributed by atoms with Crippen LogP contribution in [0.4, 0.5) is 10.2 Å². The van der Waals surface area contributed by atoms with Crippen molar-refractivity contribution in [3.8, 4) is 0 Å². The van der Waals surface area contributed by atoms with E-state index in [-0.39, 0.29) is 11.5 Å². The topological polar surface area (TPSA) is 49.3 Å². The highest BCUT2D eigenvalue weighted by molar-refractivity contribution is 7.19. The molecule has 2 aliphatic carbocycles. The number of hydrogen-bond acceptors (Lipinski definition) is 5.